The fourth-order valence-corrected chi connectivity index (χ4v) is 2.78. The fourth-order valence-electron chi connectivity index (χ4n) is 2.78. The normalized spacial score (nSPS) is 22.2. The first kappa shape index (κ1) is 12.4. The van der Waals surface area contributed by atoms with E-state index in [0.29, 0.717) is 6.04 Å². The topological polar surface area (TPSA) is 29.3 Å². The van der Waals surface area contributed by atoms with E-state index in [9.17, 15) is 0 Å². The minimum Gasteiger partial charge on any atom is -0.368 e. The van der Waals surface area contributed by atoms with Crippen LogP contribution in [0.25, 0.3) is 0 Å². The zero-order valence-corrected chi connectivity index (χ0v) is 11.2. The van der Waals surface area contributed by atoms with Crippen LogP contribution in [0.1, 0.15) is 45.2 Å². The molecule has 1 aliphatic heterocycles. The van der Waals surface area contributed by atoms with Gasteiger partial charge < -0.3 is 10.6 Å². The Balaban J connectivity index is 2.16. The molecule has 2 atom stereocenters. The van der Waals surface area contributed by atoms with Gasteiger partial charge in [0.05, 0.1) is 0 Å². The van der Waals surface area contributed by atoms with Crippen LogP contribution in [0.2, 0.25) is 0 Å². The summed E-state index contributed by atoms with van der Waals surface area (Å²) in [6.45, 7) is 7.86. The van der Waals surface area contributed by atoms with Gasteiger partial charge in [0.15, 0.2) is 0 Å². The lowest BCUT2D eigenvalue weighted by Gasteiger charge is -2.30. The summed E-state index contributed by atoms with van der Waals surface area (Å²) in [5.41, 5.74) is 8.45. The molecule has 2 nitrogen and oxygen atoms in total. The highest BCUT2D eigenvalue weighted by atomic mass is 15.2. The minimum absolute atomic E-state index is 0.128. The van der Waals surface area contributed by atoms with Crippen LogP contribution in [0.15, 0.2) is 24.3 Å². The molecule has 0 saturated carbocycles. The molecule has 94 valence electrons. The SMILES string of the molecule is CC(N)c1ccc(N2CCCC2C(C)C)cc1. The lowest BCUT2D eigenvalue weighted by molar-refractivity contribution is 0.492. The third-order valence-corrected chi connectivity index (χ3v) is 3.82. The molecular weight excluding hydrogens is 208 g/mol. The van der Waals surface area contributed by atoms with Gasteiger partial charge >= 0.3 is 0 Å². The molecule has 0 aromatic heterocycles. The maximum atomic E-state index is 5.88. The van der Waals surface area contributed by atoms with Crippen molar-refractivity contribution in [1.82, 2.24) is 0 Å². The molecule has 1 fully saturated rings. The van der Waals surface area contributed by atoms with Crippen molar-refractivity contribution >= 4 is 5.69 Å². The first-order chi connectivity index (χ1) is 8.09. The number of anilines is 1. The lowest BCUT2D eigenvalue weighted by Crippen LogP contribution is -2.33. The van der Waals surface area contributed by atoms with E-state index in [0.717, 1.165) is 5.92 Å². The summed E-state index contributed by atoms with van der Waals surface area (Å²) in [4.78, 5) is 2.55. The van der Waals surface area contributed by atoms with Gasteiger partial charge in [-0.15, -0.1) is 0 Å². The molecule has 1 heterocycles. The van der Waals surface area contributed by atoms with Gasteiger partial charge in [0.25, 0.3) is 0 Å². The first-order valence-corrected chi connectivity index (χ1v) is 6.72. The first-order valence-electron chi connectivity index (χ1n) is 6.72. The van der Waals surface area contributed by atoms with Gasteiger partial charge in [0.1, 0.15) is 0 Å². The summed E-state index contributed by atoms with van der Waals surface area (Å²) in [6.07, 6.45) is 2.64. The second-order valence-corrected chi connectivity index (χ2v) is 5.53. The molecule has 2 heteroatoms. The number of rotatable bonds is 3. The van der Waals surface area contributed by atoms with Crippen LogP contribution in [0.5, 0.6) is 0 Å². The highest BCUT2D eigenvalue weighted by Crippen LogP contribution is 2.30. The van der Waals surface area contributed by atoms with E-state index < -0.39 is 0 Å². The summed E-state index contributed by atoms with van der Waals surface area (Å²) < 4.78 is 0. The van der Waals surface area contributed by atoms with Crippen LogP contribution >= 0.6 is 0 Å². The fraction of sp³-hybridized carbons (Fsp3) is 0.600. The third-order valence-electron chi connectivity index (χ3n) is 3.82. The largest absolute Gasteiger partial charge is 0.368 e. The Kier molecular flexibility index (Phi) is 3.72. The number of hydrogen-bond donors (Lipinski definition) is 1. The summed E-state index contributed by atoms with van der Waals surface area (Å²) in [6, 6.07) is 9.60. The van der Waals surface area contributed by atoms with Crippen LogP contribution in [-0.2, 0) is 0 Å². The Hall–Kier alpha value is -1.02. The van der Waals surface area contributed by atoms with Crippen molar-refractivity contribution in [2.45, 2.75) is 45.7 Å². The average molecular weight is 232 g/mol. The Morgan fingerprint density at radius 2 is 1.82 bits per heavy atom. The van der Waals surface area contributed by atoms with E-state index >= 15 is 0 Å². The van der Waals surface area contributed by atoms with Gasteiger partial charge in [0, 0.05) is 24.3 Å². The number of nitrogens with zero attached hydrogens (tertiary/aromatic N) is 1. The Morgan fingerprint density at radius 1 is 1.18 bits per heavy atom. The van der Waals surface area contributed by atoms with E-state index in [1.807, 2.05) is 6.92 Å². The standard InChI is InChI=1S/C15H24N2/c1-11(2)15-5-4-10-17(15)14-8-6-13(7-9-14)12(3)16/h6-9,11-12,15H,4-5,10,16H2,1-3H3. The third kappa shape index (κ3) is 2.63. The number of hydrogen-bond acceptors (Lipinski definition) is 2. The highest BCUT2D eigenvalue weighted by molar-refractivity contribution is 5.50. The summed E-state index contributed by atoms with van der Waals surface area (Å²) in [7, 11) is 0. The highest BCUT2D eigenvalue weighted by Gasteiger charge is 2.26. The predicted molar refractivity (Wildman–Crippen MR) is 74.3 cm³/mol. The number of nitrogens with two attached hydrogens (primary N) is 1. The zero-order chi connectivity index (χ0) is 12.4. The van der Waals surface area contributed by atoms with Crippen molar-refractivity contribution in [3.05, 3.63) is 29.8 Å². The number of benzene rings is 1. The molecule has 0 bridgehead atoms. The minimum atomic E-state index is 0.128. The molecule has 1 aliphatic rings. The van der Waals surface area contributed by atoms with Crippen molar-refractivity contribution in [2.75, 3.05) is 11.4 Å². The van der Waals surface area contributed by atoms with Crippen LogP contribution < -0.4 is 10.6 Å². The molecule has 2 rings (SSSR count). The van der Waals surface area contributed by atoms with Crippen LogP contribution in [-0.4, -0.2) is 12.6 Å². The van der Waals surface area contributed by atoms with Gasteiger partial charge in [-0.2, -0.15) is 0 Å². The van der Waals surface area contributed by atoms with E-state index in [2.05, 4.69) is 43.0 Å². The molecule has 1 aromatic rings. The van der Waals surface area contributed by atoms with E-state index in [-0.39, 0.29) is 6.04 Å². The smallest absolute Gasteiger partial charge is 0.0369 e. The second-order valence-electron chi connectivity index (χ2n) is 5.53. The average Bonchev–Trinajstić information content (AvgIpc) is 2.78. The quantitative estimate of drug-likeness (QED) is 0.866. The van der Waals surface area contributed by atoms with Gasteiger partial charge in [-0.25, -0.2) is 0 Å². The van der Waals surface area contributed by atoms with Crippen molar-refractivity contribution in [3.63, 3.8) is 0 Å². The van der Waals surface area contributed by atoms with Gasteiger partial charge in [0.2, 0.25) is 0 Å². The van der Waals surface area contributed by atoms with Gasteiger partial charge in [-0.05, 0) is 43.4 Å². The summed E-state index contributed by atoms with van der Waals surface area (Å²) >= 11 is 0. The molecule has 1 aromatic carbocycles. The summed E-state index contributed by atoms with van der Waals surface area (Å²) in [5.74, 6) is 0.727. The van der Waals surface area contributed by atoms with Gasteiger partial charge in [-0.1, -0.05) is 26.0 Å². The van der Waals surface area contributed by atoms with E-state index in [4.69, 9.17) is 5.73 Å². The molecule has 17 heavy (non-hydrogen) atoms. The van der Waals surface area contributed by atoms with Crippen LogP contribution in [0, 0.1) is 5.92 Å². The predicted octanol–water partition coefficient (Wildman–Crippen LogP) is 3.33. The molecule has 1 saturated heterocycles. The maximum absolute atomic E-state index is 5.88. The molecule has 2 unspecified atom stereocenters. The molecule has 0 radical (unpaired) electrons. The molecule has 0 aliphatic carbocycles. The van der Waals surface area contributed by atoms with Crippen molar-refractivity contribution in [2.24, 2.45) is 11.7 Å². The van der Waals surface area contributed by atoms with Crippen LogP contribution in [0.3, 0.4) is 0 Å². The summed E-state index contributed by atoms with van der Waals surface area (Å²) in [5, 5.41) is 0. The van der Waals surface area contributed by atoms with Crippen molar-refractivity contribution in [3.8, 4) is 0 Å². The van der Waals surface area contributed by atoms with Crippen molar-refractivity contribution in [1.29, 1.82) is 0 Å². The molecular formula is C15H24N2. The molecule has 0 amide bonds. The Bertz CT molecular complexity index is 354. The molecule has 0 spiro atoms. The Morgan fingerprint density at radius 3 is 2.35 bits per heavy atom. The van der Waals surface area contributed by atoms with Crippen LogP contribution in [0.4, 0.5) is 5.69 Å². The maximum Gasteiger partial charge on any atom is 0.0369 e. The second kappa shape index (κ2) is 5.09. The Labute approximate surface area is 105 Å². The zero-order valence-electron chi connectivity index (χ0n) is 11.2. The molecule has 2 N–H and O–H groups in total. The lowest BCUT2D eigenvalue weighted by atomic mass is 10.0. The van der Waals surface area contributed by atoms with E-state index in [1.165, 1.54) is 30.6 Å². The van der Waals surface area contributed by atoms with Crippen molar-refractivity contribution < 1.29 is 0 Å². The van der Waals surface area contributed by atoms with E-state index in [1.54, 1.807) is 0 Å². The monoisotopic (exact) mass is 232 g/mol. The van der Waals surface area contributed by atoms with Gasteiger partial charge in [-0.3, -0.25) is 0 Å².